The molecule has 1 N–H and O–H groups in total. The fourth-order valence-electron chi connectivity index (χ4n) is 6.59. The first-order chi connectivity index (χ1) is 11.6. The molecular weight excluding hydrogens is 300 g/mol. The zero-order chi connectivity index (χ0) is 16.7. The average Bonchev–Trinajstić information content (AvgIpc) is 2.58. The minimum atomic E-state index is -0.138. The van der Waals surface area contributed by atoms with Gasteiger partial charge in [-0.3, -0.25) is 9.59 Å². The van der Waals surface area contributed by atoms with Crippen LogP contribution in [-0.2, 0) is 9.59 Å². The van der Waals surface area contributed by atoms with E-state index in [4.69, 9.17) is 0 Å². The second-order valence-electron chi connectivity index (χ2n) is 9.03. The Hall–Kier alpha value is -1.06. The van der Waals surface area contributed by atoms with Gasteiger partial charge in [-0.1, -0.05) is 6.92 Å². The highest BCUT2D eigenvalue weighted by Gasteiger charge is 2.54. The van der Waals surface area contributed by atoms with E-state index < -0.39 is 0 Å². The molecule has 0 aromatic heterocycles. The SMILES string of the molecule is CC[C@@H]1CCCCN1C(=O)CNC(=O)C12CC3CC(CC(C3)C1)C2. The van der Waals surface area contributed by atoms with Crippen molar-refractivity contribution in [1.82, 2.24) is 10.2 Å². The lowest BCUT2D eigenvalue weighted by atomic mass is 9.49. The van der Waals surface area contributed by atoms with Crippen molar-refractivity contribution < 1.29 is 9.59 Å². The molecule has 4 nitrogen and oxygen atoms in total. The third-order valence-electron chi connectivity index (χ3n) is 7.34. The second kappa shape index (κ2) is 6.34. The topological polar surface area (TPSA) is 49.4 Å². The van der Waals surface area contributed by atoms with Crippen molar-refractivity contribution in [2.75, 3.05) is 13.1 Å². The molecular formula is C20H32N2O2. The molecule has 0 spiro atoms. The van der Waals surface area contributed by atoms with Gasteiger partial charge in [0.25, 0.3) is 0 Å². The van der Waals surface area contributed by atoms with Crippen molar-refractivity contribution in [2.45, 2.75) is 77.2 Å². The Morgan fingerprint density at radius 3 is 2.25 bits per heavy atom. The van der Waals surface area contributed by atoms with Gasteiger partial charge in [0.2, 0.25) is 11.8 Å². The first-order valence-electron chi connectivity index (χ1n) is 10.2. The molecule has 1 saturated heterocycles. The van der Waals surface area contributed by atoms with E-state index in [-0.39, 0.29) is 23.8 Å². The minimum absolute atomic E-state index is 0.125. The maximum atomic E-state index is 13.0. The van der Waals surface area contributed by atoms with Gasteiger partial charge in [0.1, 0.15) is 0 Å². The van der Waals surface area contributed by atoms with Gasteiger partial charge in [0, 0.05) is 18.0 Å². The molecule has 0 unspecified atom stereocenters. The van der Waals surface area contributed by atoms with Crippen LogP contribution < -0.4 is 5.32 Å². The van der Waals surface area contributed by atoms with Gasteiger partial charge >= 0.3 is 0 Å². The lowest BCUT2D eigenvalue weighted by Crippen LogP contribution is -2.55. The first kappa shape index (κ1) is 16.4. The fraction of sp³-hybridized carbons (Fsp3) is 0.900. The summed E-state index contributed by atoms with van der Waals surface area (Å²) in [5.74, 6) is 2.61. The number of amides is 2. The number of carbonyl (C=O) groups is 2. The summed E-state index contributed by atoms with van der Waals surface area (Å²) in [6.07, 6.45) is 11.7. The van der Waals surface area contributed by atoms with E-state index in [1.807, 2.05) is 4.90 Å². The van der Waals surface area contributed by atoms with Crippen molar-refractivity contribution >= 4 is 11.8 Å². The first-order valence-corrected chi connectivity index (χ1v) is 10.2. The standard InChI is InChI=1S/C20H32N2O2/c1-2-17-5-3-4-6-22(17)18(23)13-21-19(24)20-10-14-7-15(11-20)9-16(8-14)12-20/h14-17H,2-13H2,1H3,(H,21,24)/t14?,15?,16?,17-,20?/m1/s1. The number of nitrogens with zero attached hydrogens (tertiary/aromatic N) is 1. The summed E-state index contributed by atoms with van der Waals surface area (Å²) in [6, 6.07) is 0.378. The maximum absolute atomic E-state index is 13.0. The predicted octanol–water partition coefficient (Wildman–Crippen LogP) is 3.11. The van der Waals surface area contributed by atoms with Gasteiger partial charge in [0.15, 0.2) is 0 Å². The number of hydrogen-bond acceptors (Lipinski definition) is 2. The summed E-state index contributed by atoms with van der Waals surface area (Å²) in [4.78, 5) is 27.6. The van der Waals surface area contributed by atoms with E-state index in [0.717, 1.165) is 62.8 Å². The molecule has 0 aromatic carbocycles. The van der Waals surface area contributed by atoms with Crippen LogP contribution in [0, 0.1) is 23.2 Å². The minimum Gasteiger partial charge on any atom is -0.347 e. The fourth-order valence-corrected chi connectivity index (χ4v) is 6.59. The van der Waals surface area contributed by atoms with Crippen LogP contribution in [0.25, 0.3) is 0 Å². The van der Waals surface area contributed by atoms with Gasteiger partial charge in [-0.2, -0.15) is 0 Å². The highest BCUT2D eigenvalue weighted by Crippen LogP contribution is 2.60. The third kappa shape index (κ3) is 2.86. The molecule has 4 bridgehead atoms. The summed E-state index contributed by atoms with van der Waals surface area (Å²) in [5.41, 5.74) is -0.138. The smallest absolute Gasteiger partial charge is 0.242 e. The van der Waals surface area contributed by atoms with Crippen LogP contribution in [0.5, 0.6) is 0 Å². The van der Waals surface area contributed by atoms with Gasteiger partial charge in [-0.25, -0.2) is 0 Å². The van der Waals surface area contributed by atoms with Crippen LogP contribution in [0.3, 0.4) is 0 Å². The van der Waals surface area contributed by atoms with Gasteiger partial charge in [0.05, 0.1) is 6.54 Å². The highest BCUT2D eigenvalue weighted by molar-refractivity contribution is 5.88. The quantitative estimate of drug-likeness (QED) is 0.860. The van der Waals surface area contributed by atoms with Crippen molar-refractivity contribution in [2.24, 2.45) is 23.2 Å². The number of likely N-dealkylation sites (tertiary alicyclic amines) is 1. The molecule has 4 heteroatoms. The molecule has 0 aromatic rings. The largest absolute Gasteiger partial charge is 0.347 e. The molecule has 24 heavy (non-hydrogen) atoms. The number of nitrogens with one attached hydrogen (secondary N) is 1. The Balaban J connectivity index is 1.36. The van der Waals surface area contributed by atoms with Crippen LogP contribution in [0.15, 0.2) is 0 Å². The van der Waals surface area contributed by atoms with E-state index in [1.54, 1.807) is 0 Å². The van der Waals surface area contributed by atoms with Crippen LogP contribution >= 0.6 is 0 Å². The van der Waals surface area contributed by atoms with Crippen LogP contribution in [-0.4, -0.2) is 35.8 Å². The highest BCUT2D eigenvalue weighted by atomic mass is 16.2. The summed E-state index contributed by atoms with van der Waals surface area (Å²) in [6.45, 7) is 3.23. The Labute approximate surface area is 145 Å². The van der Waals surface area contributed by atoms with Crippen molar-refractivity contribution in [3.05, 3.63) is 0 Å². The zero-order valence-corrected chi connectivity index (χ0v) is 15.1. The Bertz CT molecular complexity index is 480. The predicted molar refractivity (Wildman–Crippen MR) is 93.3 cm³/mol. The Morgan fingerprint density at radius 1 is 1.04 bits per heavy atom. The van der Waals surface area contributed by atoms with E-state index in [0.29, 0.717) is 6.04 Å². The Kier molecular flexibility index (Phi) is 4.34. The molecule has 5 aliphatic rings. The molecule has 0 radical (unpaired) electrons. The zero-order valence-electron chi connectivity index (χ0n) is 15.1. The molecule has 1 aliphatic heterocycles. The van der Waals surface area contributed by atoms with Crippen LogP contribution in [0.1, 0.15) is 71.1 Å². The van der Waals surface area contributed by atoms with Gasteiger partial charge < -0.3 is 10.2 Å². The summed E-state index contributed by atoms with van der Waals surface area (Å²) < 4.78 is 0. The maximum Gasteiger partial charge on any atom is 0.242 e. The lowest BCUT2D eigenvalue weighted by Gasteiger charge is -2.55. The molecule has 5 rings (SSSR count). The van der Waals surface area contributed by atoms with Crippen molar-refractivity contribution in [1.29, 1.82) is 0 Å². The van der Waals surface area contributed by atoms with E-state index in [9.17, 15) is 9.59 Å². The molecule has 1 heterocycles. The summed E-state index contributed by atoms with van der Waals surface area (Å²) in [5, 5.41) is 3.05. The van der Waals surface area contributed by atoms with E-state index in [1.165, 1.54) is 25.7 Å². The molecule has 134 valence electrons. The molecule has 2 amide bonds. The van der Waals surface area contributed by atoms with E-state index >= 15 is 0 Å². The third-order valence-corrected chi connectivity index (χ3v) is 7.34. The number of rotatable bonds is 4. The van der Waals surface area contributed by atoms with Crippen molar-refractivity contribution in [3.8, 4) is 0 Å². The number of piperidine rings is 1. The number of carbonyl (C=O) groups excluding carboxylic acids is 2. The number of hydrogen-bond donors (Lipinski definition) is 1. The lowest BCUT2D eigenvalue weighted by molar-refractivity contribution is -0.148. The van der Waals surface area contributed by atoms with Gasteiger partial charge in [-0.15, -0.1) is 0 Å². The van der Waals surface area contributed by atoms with Crippen molar-refractivity contribution in [3.63, 3.8) is 0 Å². The van der Waals surface area contributed by atoms with Gasteiger partial charge in [-0.05, 0) is 82.0 Å². The molecule has 1 atom stereocenters. The second-order valence-corrected chi connectivity index (χ2v) is 9.03. The monoisotopic (exact) mass is 332 g/mol. The normalized spacial score (nSPS) is 40.6. The summed E-state index contributed by atoms with van der Waals surface area (Å²) in [7, 11) is 0. The van der Waals surface area contributed by atoms with Crippen LogP contribution in [0.2, 0.25) is 0 Å². The molecule has 4 aliphatic carbocycles. The van der Waals surface area contributed by atoms with E-state index in [2.05, 4.69) is 12.2 Å². The Morgan fingerprint density at radius 2 is 1.67 bits per heavy atom. The average molecular weight is 332 g/mol. The molecule has 5 fully saturated rings. The molecule has 4 saturated carbocycles. The van der Waals surface area contributed by atoms with Crippen LogP contribution in [0.4, 0.5) is 0 Å². The summed E-state index contributed by atoms with van der Waals surface area (Å²) >= 11 is 0.